The van der Waals surface area contributed by atoms with Crippen LogP contribution in [0, 0.1) is 0 Å². The Morgan fingerprint density at radius 3 is 2.35 bits per heavy atom. The van der Waals surface area contributed by atoms with E-state index < -0.39 is 0 Å². The highest BCUT2D eigenvalue weighted by Crippen LogP contribution is 2.17. The Kier molecular flexibility index (Phi) is 5.80. The second-order valence-corrected chi connectivity index (χ2v) is 6.49. The highest BCUT2D eigenvalue weighted by Gasteiger charge is 2.23. The minimum atomic E-state index is 0.225. The van der Waals surface area contributed by atoms with Crippen LogP contribution in [0.2, 0.25) is 0 Å². The van der Waals surface area contributed by atoms with Crippen molar-refractivity contribution in [1.29, 1.82) is 0 Å². The van der Waals surface area contributed by atoms with Gasteiger partial charge < -0.3 is 15.1 Å². The standard InChI is InChI=1S/C17H27N5O/c23-16(14-20-15-6-3-1-2-4-7-15)21-10-12-22(13-11-21)17-18-8-5-9-19-17/h5,8-9,15,20H,1-4,6-7,10-14H2. The Bertz CT molecular complexity index is 479. The quantitative estimate of drug-likeness (QED) is 0.852. The molecule has 1 aromatic heterocycles. The number of amides is 1. The van der Waals surface area contributed by atoms with E-state index in [1.165, 1.54) is 38.5 Å². The first-order valence-electron chi connectivity index (χ1n) is 8.86. The zero-order valence-electron chi connectivity index (χ0n) is 13.8. The van der Waals surface area contributed by atoms with E-state index in [0.29, 0.717) is 12.6 Å². The third-order valence-electron chi connectivity index (χ3n) is 4.86. The van der Waals surface area contributed by atoms with Crippen molar-refractivity contribution in [3.63, 3.8) is 0 Å². The van der Waals surface area contributed by atoms with Crippen molar-refractivity contribution < 1.29 is 4.79 Å². The average Bonchev–Trinajstić information content (AvgIpc) is 2.89. The molecule has 1 amide bonds. The molecular formula is C17H27N5O. The van der Waals surface area contributed by atoms with Crippen LogP contribution in [-0.4, -0.2) is 59.5 Å². The van der Waals surface area contributed by atoms with Crippen molar-refractivity contribution in [2.45, 2.75) is 44.6 Å². The van der Waals surface area contributed by atoms with Gasteiger partial charge in [0, 0.05) is 44.6 Å². The number of carbonyl (C=O) groups is 1. The van der Waals surface area contributed by atoms with Crippen LogP contribution in [0.1, 0.15) is 38.5 Å². The number of nitrogens with one attached hydrogen (secondary N) is 1. The molecule has 1 aliphatic carbocycles. The summed E-state index contributed by atoms with van der Waals surface area (Å²) >= 11 is 0. The summed E-state index contributed by atoms with van der Waals surface area (Å²) in [7, 11) is 0. The Labute approximate surface area is 138 Å². The summed E-state index contributed by atoms with van der Waals surface area (Å²) in [6.45, 7) is 3.59. The summed E-state index contributed by atoms with van der Waals surface area (Å²) in [4.78, 5) is 25.0. The molecule has 0 radical (unpaired) electrons. The van der Waals surface area contributed by atoms with Gasteiger partial charge in [0.15, 0.2) is 0 Å². The van der Waals surface area contributed by atoms with E-state index in [4.69, 9.17) is 0 Å². The first kappa shape index (κ1) is 16.2. The molecule has 2 aliphatic rings. The summed E-state index contributed by atoms with van der Waals surface area (Å²) in [6, 6.07) is 2.35. The lowest BCUT2D eigenvalue weighted by Crippen LogP contribution is -2.51. The fraction of sp³-hybridized carbons (Fsp3) is 0.706. The predicted molar refractivity (Wildman–Crippen MR) is 90.3 cm³/mol. The first-order valence-corrected chi connectivity index (χ1v) is 8.86. The van der Waals surface area contributed by atoms with E-state index >= 15 is 0 Å². The molecule has 3 rings (SSSR count). The van der Waals surface area contributed by atoms with Gasteiger partial charge in [-0.15, -0.1) is 0 Å². The third-order valence-corrected chi connectivity index (χ3v) is 4.86. The van der Waals surface area contributed by atoms with Gasteiger partial charge in [0.1, 0.15) is 0 Å². The first-order chi connectivity index (χ1) is 11.3. The molecule has 2 heterocycles. The number of aromatic nitrogens is 2. The molecule has 2 fully saturated rings. The van der Waals surface area contributed by atoms with Crippen LogP contribution in [-0.2, 0) is 4.79 Å². The minimum absolute atomic E-state index is 0.225. The Hall–Kier alpha value is -1.69. The van der Waals surface area contributed by atoms with Gasteiger partial charge in [-0.1, -0.05) is 25.7 Å². The van der Waals surface area contributed by atoms with E-state index in [0.717, 1.165) is 32.1 Å². The maximum absolute atomic E-state index is 12.4. The molecule has 1 saturated carbocycles. The molecular weight excluding hydrogens is 290 g/mol. The average molecular weight is 317 g/mol. The summed E-state index contributed by atoms with van der Waals surface area (Å²) < 4.78 is 0. The van der Waals surface area contributed by atoms with E-state index in [2.05, 4.69) is 20.2 Å². The highest BCUT2D eigenvalue weighted by atomic mass is 16.2. The van der Waals surface area contributed by atoms with Crippen LogP contribution in [0.15, 0.2) is 18.5 Å². The lowest BCUT2D eigenvalue weighted by molar-refractivity contribution is -0.130. The Morgan fingerprint density at radius 2 is 1.70 bits per heavy atom. The number of nitrogens with zero attached hydrogens (tertiary/aromatic N) is 4. The molecule has 0 spiro atoms. The van der Waals surface area contributed by atoms with Gasteiger partial charge in [-0.3, -0.25) is 4.79 Å². The lowest BCUT2D eigenvalue weighted by atomic mass is 10.1. The third kappa shape index (κ3) is 4.64. The van der Waals surface area contributed by atoms with Crippen LogP contribution >= 0.6 is 0 Å². The van der Waals surface area contributed by atoms with Crippen molar-refractivity contribution in [3.05, 3.63) is 18.5 Å². The number of hydrogen-bond donors (Lipinski definition) is 1. The summed E-state index contributed by atoms with van der Waals surface area (Å²) in [6.07, 6.45) is 11.2. The van der Waals surface area contributed by atoms with Gasteiger partial charge in [0.2, 0.25) is 11.9 Å². The lowest BCUT2D eigenvalue weighted by Gasteiger charge is -2.35. The summed E-state index contributed by atoms with van der Waals surface area (Å²) in [5, 5.41) is 3.47. The molecule has 1 aliphatic heterocycles. The van der Waals surface area contributed by atoms with Crippen molar-refractivity contribution in [1.82, 2.24) is 20.2 Å². The molecule has 126 valence electrons. The van der Waals surface area contributed by atoms with Crippen LogP contribution in [0.25, 0.3) is 0 Å². The normalized spacial score (nSPS) is 20.3. The fourth-order valence-corrected chi connectivity index (χ4v) is 3.44. The van der Waals surface area contributed by atoms with Crippen LogP contribution < -0.4 is 10.2 Å². The molecule has 0 bridgehead atoms. The van der Waals surface area contributed by atoms with Gasteiger partial charge in [0.05, 0.1) is 6.54 Å². The number of hydrogen-bond acceptors (Lipinski definition) is 5. The fourth-order valence-electron chi connectivity index (χ4n) is 3.44. The predicted octanol–water partition coefficient (Wildman–Crippen LogP) is 1.44. The van der Waals surface area contributed by atoms with Crippen LogP contribution in [0.5, 0.6) is 0 Å². The Balaban J connectivity index is 1.41. The molecule has 23 heavy (non-hydrogen) atoms. The SMILES string of the molecule is O=C(CNC1CCCCCC1)N1CCN(c2ncccn2)CC1. The van der Waals surface area contributed by atoms with Crippen molar-refractivity contribution in [2.24, 2.45) is 0 Å². The molecule has 1 N–H and O–H groups in total. The molecule has 6 heteroatoms. The maximum atomic E-state index is 12.4. The Morgan fingerprint density at radius 1 is 1.04 bits per heavy atom. The topological polar surface area (TPSA) is 61.4 Å². The zero-order chi connectivity index (χ0) is 15.9. The highest BCUT2D eigenvalue weighted by molar-refractivity contribution is 5.78. The van der Waals surface area contributed by atoms with Crippen LogP contribution in [0.3, 0.4) is 0 Å². The second-order valence-electron chi connectivity index (χ2n) is 6.49. The van der Waals surface area contributed by atoms with Crippen molar-refractivity contribution in [2.75, 3.05) is 37.6 Å². The summed E-state index contributed by atoms with van der Waals surface area (Å²) in [5.41, 5.74) is 0. The van der Waals surface area contributed by atoms with Gasteiger partial charge >= 0.3 is 0 Å². The summed E-state index contributed by atoms with van der Waals surface area (Å²) in [5.74, 6) is 0.985. The van der Waals surface area contributed by atoms with E-state index in [-0.39, 0.29) is 5.91 Å². The van der Waals surface area contributed by atoms with Crippen LogP contribution in [0.4, 0.5) is 5.95 Å². The molecule has 6 nitrogen and oxygen atoms in total. The van der Waals surface area contributed by atoms with E-state index in [9.17, 15) is 4.79 Å². The molecule has 0 atom stereocenters. The van der Waals surface area contributed by atoms with Gasteiger partial charge in [0.25, 0.3) is 0 Å². The molecule has 1 aromatic rings. The van der Waals surface area contributed by atoms with Gasteiger partial charge in [-0.2, -0.15) is 0 Å². The number of piperazine rings is 1. The zero-order valence-corrected chi connectivity index (χ0v) is 13.8. The van der Waals surface area contributed by atoms with Gasteiger partial charge in [-0.25, -0.2) is 9.97 Å². The van der Waals surface area contributed by atoms with Crippen molar-refractivity contribution >= 4 is 11.9 Å². The number of carbonyl (C=O) groups excluding carboxylic acids is 1. The molecule has 1 saturated heterocycles. The number of rotatable bonds is 4. The second kappa shape index (κ2) is 8.24. The smallest absolute Gasteiger partial charge is 0.236 e. The van der Waals surface area contributed by atoms with E-state index in [1.54, 1.807) is 12.4 Å². The molecule has 0 aromatic carbocycles. The van der Waals surface area contributed by atoms with Crippen molar-refractivity contribution in [3.8, 4) is 0 Å². The van der Waals surface area contributed by atoms with E-state index in [1.807, 2.05) is 11.0 Å². The monoisotopic (exact) mass is 317 g/mol. The molecule has 0 unspecified atom stereocenters. The van der Waals surface area contributed by atoms with Gasteiger partial charge in [-0.05, 0) is 18.9 Å². The maximum Gasteiger partial charge on any atom is 0.236 e. The number of anilines is 1. The minimum Gasteiger partial charge on any atom is -0.338 e. The largest absolute Gasteiger partial charge is 0.338 e.